The van der Waals surface area contributed by atoms with E-state index in [9.17, 15) is 36.5 Å². The van der Waals surface area contributed by atoms with Crippen LogP contribution in [0, 0.1) is 16.0 Å². The molecule has 2 atom stereocenters. The zero-order valence-corrected chi connectivity index (χ0v) is 14.7. The molecule has 1 saturated carbocycles. The van der Waals surface area contributed by atoms with Crippen molar-refractivity contribution in [2.45, 2.75) is 23.5 Å². The van der Waals surface area contributed by atoms with Crippen LogP contribution in [0.5, 0.6) is 0 Å². The van der Waals surface area contributed by atoms with Crippen LogP contribution >= 0.6 is 0 Å². The normalized spacial score (nSPS) is 23.9. The Balaban J connectivity index is 1.67. The average molecular weight is 407 g/mol. The molecular formula is C15H16F3N3O5S. The summed E-state index contributed by atoms with van der Waals surface area (Å²) in [5, 5.41) is 10.7. The monoisotopic (exact) mass is 407 g/mol. The van der Waals surface area contributed by atoms with Crippen molar-refractivity contribution in [2.24, 2.45) is 5.92 Å². The number of amides is 1. The molecule has 1 saturated heterocycles. The van der Waals surface area contributed by atoms with Crippen LogP contribution in [-0.2, 0) is 21.0 Å². The van der Waals surface area contributed by atoms with E-state index in [4.69, 9.17) is 0 Å². The number of nitro groups is 1. The van der Waals surface area contributed by atoms with Crippen molar-refractivity contribution in [3.63, 3.8) is 0 Å². The molecule has 0 N–H and O–H groups in total. The molecule has 0 spiro atoms. The maximum absolute atomic E-state index is 12.8. The topological polar surface area (TPSA) is 101 Å². The number of carbonyl (C=O) groups excluding carboxylic acids is 1. The lowest BCUT2D eigenvalue weighted by molar-refractivity contribution is -0.497. The summed E-state index contributed by atoms with van der Waals surface area (Å²) >= 11 is 0. The summed E-state index contributed by atoms with van der Waals surface area (Å²) in [6.45, 7) is -0.0870. The number of carbonyl (C=O) groups is 1. The van der Waals surface area contributed by atoms with Gasteiger partial charge in [-0.05, 0) is 18.2 Å². The molecule has 0 bridgehead atoms. The Labute approximate surface area is 152 Å². The Bertz CT molecular complexity index is 866. The highest BCUT2D eigenvalue weighted by Crippen LogP contribution is 2.35. The third-order valence-electron chi connectivity index (χ3n) is 4.69. The van der Waals surface area contributed by atoms with Crippen LogP contribution in [-0.4, -0.2) is 60.7 Å². The first-order valence-electron chi connectivity index (χ1n) is 8.11. The van der Waals surface area contributed by atoms with Crippen LogP contribution in [0.25, 0.3) is 0 Å². The molecule has 1 aromatic carbocycles. The Hall–Kier alpha value is -2.21. The highest BCUT2D eigenvalue weighted by molar-refractivity contribution is 7.89. The van der Waals surface area contributed by atoms with Crippen molar-refractivity contribution in [2.75, 3.05) is 26.2 Å². The van der Waals surface area contributed by atoms with Gasteiger partial charge in [0.05, 0.1) is 10.5 Å². The quantitative estimate of drug-likeness (QED) is 0.552. The van der Waals surface area contributed by atoms with Gasteiger partial charge in [-0.1, -0.05) is 6.07 Å². The van der Waals surface area contributed by atoms with Gasteiger partial charge in [0.2, 0.25) is 22.0 Å². The molecule has 0 aromatic heterocycles. The predicted octanol–water partition coefficient (Wildman–Crippen LogP) is 1.20. The molecule has 3 rings (SSSR count). The maximum Gasteiger partial charge on any atom is 0.416 e. The Morgan fingerprint density at radius 3 is 2.33 bits per heavy atom. The standard InChI is InChI=1S/C15H16F3N3O5S/c16-15(17,18)10-2-1-3-11(8-10)27(25,26)20-6-4-19(5-7-20)14(22)12-9-13(12)21(23)24/h1-3,8,12-13H,4-7,9H2/t12-,13+/m0/s1. The van der Waals surface area contributed by atoms with Gasteiger partial charge in [0.1, 0.15) is 5.92 Å². The summed E-state index contributed by atoms with van der Waals surface area (Å²) in [6.07, 6.45) is -4.48. The van der Waals surface area contributed by atoms with Crippen molar-refractivity contribution in [1.29, 1.82) is 0 Å². The van der Waals surface area contributed by atoms with Gasteiger partial charge in [-0.3, -0.25) is 14.9 Å². The number of halogens is 3. The molecule has 12 heteroatoms. The molecule has 148 valence electrons. The lowest BCUT2D eigenvalue weighted by Crippen LogP contribution is -2.51. The zero-order chi connectivity index (χ0) is 20.0. The molecule has 1 heterocycles. The summed E-state index contributed by atoms with van der Waals surface area (Å²) in [6, 6.07) is 2.61. The molecule has 2 fully saturated rings. The number of benzene rings is 1. The number of piperazine rings is 1. The number of alkyl halides is 3. The van der Waals surface area contributed by atoms with Crippen molar-refractivity contribution < 1.29 is 31.3 Å². The van der Waals surface area contributed by atoms with Crippen molar-refractivity contribution >= 4 is 15.9 Å². The second-order valence-electron chi connectivity index (χ2n) is 6.45. The van der Waals surface area contributed by atoms with Crippen molar-refractivity contribution in [3.05, 3.63) is 39.9 Å². The van der Waals surface area contributed by atoms with E-state index in [-0.39, 0.29) is 38.5 Å². The minimum atomic E-state index is -4.66. The smallest absolute Gasteiger partial charge is 0.340 e. The van der Waals surface area contributed by atoms with E-state index in [0.29, 0.717) is 6.07 Å². The van der Waals surface area contributed by atoms with Crippen LogP contribution in [0.2, 0.25) is 0 Å². The van der Waals surface area contributed by atoms with Gasteiger partial charge >= 0.3 is 6.18 Å². The molecule has 27 heavy (non-hydrogen) atoms. The van der Waals surface area contributed by atoms with E-state index < -0.39 is 43.5 Å². The number of sulfonamides is 1. The molecule has 0 radical (unpaired) electrons. The average Bonchev–Trinajstić information content (AvgIpc) is 3.41. The number of nitrogens with zero attached hydrogens (tertiary/aromatic N) is 3. The zero-order valence-electron chi connectivity index (χ0n) is 13.9. The summed E-state index contributed by atoms with van der Waals surface area (Å²) in [5.74, 6) is -1.06. The Morgan fingerprint density at radius 2 is 1.81 bits per heavy atom. The summed E-state index contributed by atoms with van der Waals surface area (Å²) in [4.78, 5) is 23.2. The largest absolute Gasteiger partial charge is 0.416 e. The summed E-state index contributed by atoms with van der Waals surface area (Å²) in [5.41, 5.74) is -1.06. The predicted molar refractivity (Wildman–Crippen MR) is 85.7 cm³/mol. The SMILES string of the molecule is O=C([C@H]1C[C@H]1[N+](=O)[O-])N1CCN(S(=O)(=O)c2cccc(C(F)(F)F)c2)CC1. The van der Waals surface area contributed by atoms with Gasteiger partial charge in [-0.2, -0.15) is 17.5 Å². The van der Waals surface area contributed by atoms with Gasteiger partial charge in [0.25, 0.3) is 0 Å². The van der Waals surface area contributed by atoms with Crippen molar-refractivity contribution in [3.8, 4) is 0 Å². The fraction of sp³-hybridized carbons (Fsp3) is 0.533. The van der Waals surface area contributed by atoms with E-state index in [1.807, 2.05) is 0 Å². The fourth-order valence-corrected chi connectivity index (χ4v) is 4.51. The van der Waals surface area contributed by atoms with Crippen LogP contribution in [0.3, 0.4) is 0 Å². The van der Waals surface area contributed by atoms with Crippen LogP contribution in [0.1, 0.15) is 12.0 Å². The minimum absolute atomic E-state index is 0.0396. The van der Waals surface area contributed by atoms with Crippen molar-refractivity contribution in [1.82, 2.24) is 9.21 Å². The number of hydrogen-bond donors (Lipinski definition) is 0. The van der Waals surface area contributed by atoms with Crippen LogP contribution < -0.4 is 0 Å². The molecular weight excluding hydrogens is 391 g/mol. The van der Waals surface area contributed by atoms with E-state index >= 15 is 0 Å². The lowest BCUT2D eigenvalue weighted by atomic mass is 10.2. The lowest BCUT2D eigenvalue weighted by Gasteiger charge is -2.34. The number of rotatable bonds is 4. The van der Waals surface area contributed by atoms with E-state index in [0.717, 1.165) is 22.5 Å². The summed E-state index contributed by atoms with van der Waals surface area (Å²) < 4.78 is 64.6. The molecule has 2 aliphatic rings. The maximum atomic E-state index is 12.8. The second kappa shape index (κ2) is 6.75. The first kappa shape index (κ1) is 19.5. The second-order valence-corrected chi connectivity index (χ2v) is 8.39. The van der Waals surface area contributed by atoms with Gasteiger partial charge < -0.3 is 4.90 Å². The molecule has 0 unspecified atom stereocenters. The van der Waals surface area contributed by atoms with Gasteiger partial charge in [0.15, 0.2) is 0 Å². The number of hydrogen-bond acceptors (Lipinski definition) is 5. The van der Waals surface area contributed by atoms with Gasteiger partial charge in [-0.15, -0.1) is 0 Å². The fourth-order valence-electron chi connectivity index (χ4n) is 3.05. The van der Waals surface area contributed by atoms with E-state index in [2.05, 4.69) is 0 Å². The van der Waals surface area contributed by atoms with Gasteiger partial charge in [-0.25, -0.2) is 8.42 Å². The summed E-state index contributed by atoms with van der Waals surface area (Å²) in [7, 11) is -4.14. The highest BCUT2D eigenvalue weighted by Gasteiger charge is 2.54. The Kier molecular flexibility index (Phi) is 4.89. The minimum Gasteiger partial charge on any atom is -0.340 e. The van der Waals surface area contributed by atoms with E-state index in [1.54, 1.807) is 0 Å². The molecule has 1 amide bonds. The first-order valence-corrected chi connectivity index (χ1v) is 9.55. The first-order chi connectivity index (χ1) is 12.5. The third kappa shape index (κ3) is 3.90. The van der Waals surface area contributed by atoms with Crippen LogP contribution in [0.4, 0.5) is 13.2 Å². The molecule has 1 aliphatic carbocycles. The third-order valence-corrected chi connectivity index (χ3v) is 6.59. The van der Waals surface area contributed by atoms with Crippen LogP contribution in [0.15, 0.2) is 29.2 Å². The Morgan fingerprint density at radius 1 is 1.19 bits per heavy atom. The highest BCUT2D eigenvalue weighted by atomic mass is 32.2. The molecule has 1 aliphatic heterocycles. The molecule has 1 aromatic rings. The molecule has 8 nitrogen and oxygen atoms in total. The van der Waals surface area contributed by atoms with E-state index in [1.165, 1.54) is 4.90 Å². The van der Waals surface area contributed by atoms with Gasteiger partial charge in [0, 0.05) is 37.5 Å².